The maximum Gasteiger partial charge on any atom is 0.255 e. The Morgan fingerprint density at radius 3 is 2.32 bits per heavy atom. The minimum Gasteiger partial charge on any atom is -0.494 e. The fourth-order valence-corrected chi connectivity index (χ4v) is 3.03. The lowest BCUT2D eigenvalue weighted by Gasteiger charge is -2.10. The van der Waals surface area contributed by atoms with Crippen molar-refractivity contribution in [1.82, 2.24) is 0 Å². The molecule has 0 spiro atoms. The number of hydrogen-bond acceptors (Lipinski definition) is 2. The SMILES string of the molecule is CCCCCCOc1cccc(NC(=O)c2ccc(-c3ccccc3)cc2)c1. The summed E-state index contributed by atoms with van der Waals surface area (Å²) in [5.41, 5.74) is 3.60. The predicted octanol–water partition coefficient (Wildman–Crippen LogP) is 6.57. The second-order valence-electron chi connectivity index (χ2n) is 6.83. The van der Waals surface area contributed by atoms with Crippen LogP contribution in [0.4, 0.5) is 5.69 Å². The summed E-state index contributed by atoms with van der Waals surface area (Å²) < 4.78 is 5.79. The molecule has 1 N–H and O–H groups in total. The number of nitrogens with one attached hydrogen (secondary N) is 1. The smallest absolute Gasteiger partial charge is 0.255 e. The summed E-state index contributed by atoms with van der Waals surface area (Å²) in [5, 5.41) is 2.95. The first-order valence-corrected chi connectivity index (χ1v) is 9.96. The van der Waals surface area contributed by atoms with Crippen LogP contribution in [0.25, 0.3) is 11.1 Å². The Labute approximate surface area is 167 Å². The highest BCUT2D eigenvalue weighted by atomic mass is 16.5. The molecular formula is C25H27NO2. The number of carbonyl (C=O) groups excluding carboxylic acids is 1. The first-order chi connectivity index (χ1) is 13.8. The van der Waals surface area contributed by atoms with Crippen molar-refractivity contribution in [3.8, 4) is 16.9 Å². The van der Waals surface area contributed by atoms with Gasteiger partial charge in [0.25, 0.3) is 5.91 Å². The van der Waals surface area contributed by atoms with E-state index in [0.717, 1.165) is 29.0 Å². The van der Waals surface area contributed by atoms with E-state index >= 15 is 0 Å². The molecule has 0 radical (unpaired) electrons. The largest absolute Gasteiger partial charge is 0.494 e. The van der Waals surface area contributed by atoms with Crippen molar-refractivity contribution in [3.05, 3.63) is 84.4 Å². The minimum absolute atomic E-state index is 0.125. The van der Waals surface area contributed by atoms with Crippen LogP contribution in [0.5, 0.6) is 5.75 Å². The highest BCUT2D eigenvalue weighted by molar-refractivity contribution is 6.04. The third-order valence-corrected chi connectivity index (χ3v) is 4.61. The van der Waals surface area contributed by atoms with Crippen LogP contribution < -0.4 is 10.1 Å². The van der Waals surface area contributed by atoms with Crippen LogP contribution in [0.1, 0.15) is 43.0 Å². The second kappa shape index (κ2) is 10.3. The number of anilines is 1. The molecule has 0 heterocycles. The van der Waals surface area contributed by atoms with Gasteiger partial charge in [-0.15, -0.1) is 0 Å². The van der Waals surface area contributed by atoms with Gasteiger partial charge in [0.05, 0.1) is 6.61 Å². The van der Waals surface area contributed by atoms with Crippen molar-refractivity contribution in [3.63, 3.8) is 0 Å². The topological polar surface area (TPSA) is 38.3 Å². The molecule has 0 atom stereocenters. The van der Waals surface area contributed by atoms with Crippen LogP contribution in [0, 0.1) is 0 Å². The van der Waals surface area contributed by atoms with Gasteiger partial charge in [0, 0.05) is 17.3 Å². The van der Waals surface area contributed by atoms with E-state index in [2.05, 4.69) is 24.4 Å². The molecule has 0 saturated heterocycles. The molecule has 144 valence electrons. The molecule has 1 amide bonds. The first kappa shape index (κ1) is 19.7. The molecule has 28 heavy (non-hydrogen) atoms. The lowest BCUT2D eigenvalue weighted by Crippen LogP contribution is -2.11. The van der Waals surface area contributed by atoms with Gasteiger partial charge in [-0.25, -0.2) is 0 Å². The lowest BCUT2D eigenvalue weighted by atomic mass is 10.0. The fourth-order valence-electron chi connectivity index (χ4n) is 3.03. The van der Waals surface area contributed by atoms with Gasteiger partial charge in [-0.05, 0) is 41.8 Å². The van der Waals surface area contributed by atoms with E-state index < -0.39 is 0 Å². The third kappa shape index (κ3) is 5.71. The number of hydrogen-bond donors (Lipinski definition) is 1. The van der Waals surface area contributed by atoms with Crippen LogP contribution in [0.2, 0.25) is 0 Å². The molecule has 0 aromatic heterocycles. The van der Waals surface area contributed by atoms with E-state index in [1.165, 1.54) is 19.3 Å². The fraction of sp³-hybridized carbons (Fsp3) is 0.240. The second-order valence-corrected chi connectivity index (χ2v) is 6.83. The van der Waals surface area contributed by atoms with Gasteiger partial charge in [0.1, 0.15) is 5.75 Å². The molecule has 0 fully saturated rings. The van der Waals surface area contributed by atoms with Gasteiger partial charge in [-0.3, -0.25) is 4.79 Å². The van der Waals surface area contributed by atoms with Crippen molar-refractivity contribution in [2.75, 3.05) is 11.9 Å². The van der Waals surface area contributed by atoms with E-state index in [1.54, 1.807) is 0 Å². The number of benzene rings is 3. The Bertz CT molecular complexity index is 873. The van der Waals surface area contributed by atoms with E-state index in [9.17, 15) is 4.79 Å². The van der Waals surface area contributed by atoms with Gasteiger partial charge in [0.2, 0.25) is 0 Å². The summed E-state index contributed by atoms with van der Waals surface area (Å²) in [6.45, 7) is 2.90. The monoisotopic (exact) mass is 373 g/mol. The van der Waals surface area contributed by atoms with Gasteiger partial charge >= 0.3 is 0 Å². The van der Waals surface area contributed by atoms with E-state index in [1.807, 2.05) is 66.7 Å². The predicted molar refractivity (Wildman–Crippen MR) is 116 cm³/mol. The average Bonchev–Trinajstić information content (AvgIpc) is 2.75. The van der Waals surface area contributed by atoms with Gasteiger partial charge < -0.3 is 10.1 Å². The number of ether oxygens (including phenoxy) is 1. The summed E-state index contributed by atoms with van der Waals surface area (Å²) in [4.78, 5) is 12.6. The molecule has 0 saturated carbocycles. The van der Waals surface area contributed by atoms with Crippen LogP contribution in [-0.4, -0.2) is 12.5 Å². The Balaban J connectivity index is 1.57. The first-order valence-electron chi connectivity index (χ1n) is 9.96. The normalized spacial score (nSPS) is 10.5. The molecule has 3 nitrogen and oxygen atoms in total. The number of carbonyl (C=O) groups is 1. The molecule has 3 aromatic rings. The molecule has 0 bridgehead atoms. The molecule has 3 rings (SSSR count). The van der Waals surface area contributed by atoms with Crippen LogP contribution >= 0.6 is 0 Å². The number of unbranched alkanes of at least 4 members (excludes halogenated alkanes) is 3. The van der Waals surface area contributed by atoms with Crippen molar-refractivity contribution >= 4 is 11.6 Å². The molecule has 3 aromatic carbocycles. The van der Waals surface area contributed by atoms with Crippen LogP contribution in [0.3, 0.4) is 0 Å². The standard InChI is InChI=1S/C25H27NO2/c1-2-3-4-8-18-28-24-13-9-12-23(19-24)26-25(27)22-16-14-21(15-17-22)20-10-6-5-7-11-20/h5-7,9-17,19H,2-4,8,18H2,1H3,(H,26,27). The van der Waals surface area contributed by atoms with Crippen molar-refractivity contribution in [1.29, 1.82) is 0 Å². The van der Waals surface area contributed by atoms with E-state index in [4.69, 9.17) is 4.74 Å². The van der Waals surface area contributed by atoms with Crippen LogP contribution in [0.15, 0.2) is 78.9 Å². The zero-order valence-corrected chi connectivity index (χ0v) is 16.4. The Kier molecular flexibility index (Phi) is 7.25. The van der Waals surface area contributed by atoms with Gasteiger partial charge in [0.15, 0.2) is 0 Å². The summed E-state index contributed by atoms with van der Waals surface area (Å²) in [6, 6.07) is 25.3. The van der Waals surface area contributed by atoms with E-state index in [0.29, 0.717) is 12.2 Å². The van der Waals surface area contributed by atoms with Crippen LogP contribution in [-0.2, 0) is 0 Å². The maximum atomic E-state index is 12.6. The minimum atomic E-state index is -0.125. The average molecular weight is 373 g/mol. The molecule has 3 heteroatoms. The Morgan fingerprint density at radius 1 is 0.821 bits per heavy atom. The highest BCUT2D eigenvalue weighted by Crippen LogP contribution is 2.21. The molecule has 0 unspecified atom stereocenters. The van der Waals surface area contributed by atoms with Gasteiger partial charge in [-0.2, -0.15) is 0 Å². The van der Waals surface area contributed by atoms with Crippen molar-refractivity contribution in [2.24, 2.45) is 0 Å². The molecule has 0 aliphatic rings. The molecule has 0 aliphatic carbocycles. The highest BCUT2D eigenvalue weighted by Gasteiger charge is 2.07. The molecular weight excluding hydrogens is 346 g/mol. The third-order valence-electron chi connectivity index (χ3n) is 4.61. The lowest BCUT2D eigenvalue weighted by molar-refractivity contribution is 0.102. The van der Waals surface area contributed by atoms with Crippen molar-refractivity contribution < 1.29 is 9.53 Å². The summed E-state index contributed by atoms with van der Waals surface area (Å²) in [7, 11) is 0. The van der Waals surface area contributed by atoms with Gasteiger partial charge in [-0.1, -0.05) is 74.7 Å². The Morgan fingerprint density at radius 2 is 1.57 bits per heavy atom. The summed E-state index contributed by atoms with van der Waals surface area (Å²) in [5.74, 6) is 0.661. The zero-order chi connectivity index (χ0) is 19.6. The Hall–Kier alpha value is -3.07. The maximum absolute atomic E-state index is 12.6. The summed E-state index contributed by atoms with van der Waals surface area (Å²) >= 11 is 0. The summed E-state index contributed by atoms with van der Waals surface area (Å²) in [6.07, 6.45) is 4.69. The number of rotatable bonds is 9. The number of amides is 1. The van der Waals surface area contributed by atoms with E-state index in [-0.39, 0.29) is 5.91 Å². The quantitative estimate of drug-likeness (QED) is 0.431. The molecule has 0 aliphatic heterocycles. The zero-order valence-electron chi connectivity index (χ0n) is 16.4. The van der Waals surface area contributed by atoms with Crippen molar-refractivity contribution in [2.45, 2.75) is 32.6 Å².